The molecule has 2 rings (SSSR count). The van der Waals surface area contributed by atoms with Crippen LogP contribution in [0.2, 0.25) is 0 Å². The van der Waals surface area contributed by atoms with Crippen LogP contribution < -0.4 is 10.0 Å². The molecule has 0 aliphatic heterocycles. The number of carbonyl (C=O) groups excluding carboxylic acids is 2. The normalized spacial score (nSPS) is 10.6. The number of hydrogen-bond acceptors (Lipinski definition) is 4. The van der Waals surface area contributed by atoms with Gasteiger partial charge in [-0.25, -0.2) is 13.1 Å². The Morgan fingerprint density at radius 2 is 1.67 bits per heavy atom. The lowest BCUT2D eigenvalue weighted by Gasteiger charge is -2.07. The maximum absolute atomic E-state index is 12.2. The Morgan fingerprint density at radius 1 is 1.00 bits per heavy atom. The van der Waals surface area contributed by atoms with Gasteiger partial charge in [-0.1, -0.05) is 42.2 Å². The molecular weight excluding hydrogens is 364 g/mol. The molecule has 2 aromatic rings. The third kappa shape index (κ3) is 6.70. The minimum Gasteiger partial charge on any atom is -0.345 e. The fraction of sp³-hybridized carbons (Fsp3) is 0.200. The van der Waals surface area contributed by atoms with E-state index in [0.29, 0.717) is 5.56 Å². The molecule has 0 aliphatic rings. The molecule has 0 unspecified atom stereocenters. The molecule has 2 aromatic carbocycles. The maximum Gasteiger partial charge on any atom is 0.240 e. The topological polar surface area (TPSA) is 92.3 Å². The first kappa shape index (κ1) is 20.4. The second-order valence-corrected chi connectivity index (χ2v) is 7.44. The van der Waals surface area contributed by atoms with E-state index in [9.17, 15) is 18.0 Å². The van der Waals surface area contributed by atoms with Gasteiger partial charge in [0, 0.05) is 24.1 Å². The number of sulfonamides is 1. The van der Waals surface area contributed by atoms with Crippen molar-refractivity contribution in [3.63, 3.8) is 0 Å². The van der Waals surface area contributed by atoms with Crippen molar-refractivity contribution < 1.29 is 18.0 Å². The molecule has 0 saturated carbocycles. The molecular formula is C20H20N2O4S. The smallest absolute Gasteiger partial charge is 0.240 e. The van der Waals surface area contributed by atoms with Gasteiger partial charge in [-0.05, 0) is 31.2 Å². The van der Waals surface area contributed by atoms with Crippen LogP contribution in [0.4, 0.5) is 0 Å². The number of ketones is 1. The van der Waals surface area contributed by atoms with Gasteiger partial charge in [0.1, 0.15) is 0 Å². The van der Waals surface area contributed by atoms with Crippen molar-refractivity contribution in [2.45, 2.75) is 18.2 Å². The van der Waals surface area contributed by atoms with Crippen molar-refractivity contribution in [1.82, 2.24) is 10.0 Å². The van der Waals surface area contributed by atoms with Gasteiger partial charge in [-0.3, -0.25) is 9.59 Å². The number of amides is 1. The standard InChI is InChI=1S/C20H20N2O4S/c1-16(23)18-9-11-19(12-10-18)27(25,26)22-15-13-20(24)21-14-5-8-17-6-3-2-4-7-17/h2-4,6-7,9-12,22H,13-15H2,1H3,(H,21,24). The summed E-state index contributed by atoms with van der Waals surface area (Å²) in [6.07, 6.45) is -0.00221. The summed E-state index contributed by atoms with van der Waals surface area (Å²) in [5.74, 6) is 5.31. The average molecular weight is 384 g/mol. The molecule has 0 bridgehead atoms. The largest absolute Gasteiger partial charge is 0.345 e. The summed E-state index contributed by atoms with van der Waals surface area (Å²) in [5.41, 5.74) is 1.29. The highest BCUT2D eigenvalue weighted by atomic mass is 32.2. The van der Waals surface area contributed by atoms with Crippen molar-refractivity contribution in [3.05, 3.63) is 65.7 Å². The van der Waals surface area contributed by atoms with Crippen LogP contribution in [0.1, 0.15) is 29.3 Å². The first-order valence-corrected chi connectivity index (χ1v) is 9.78. The highest BCUT2D eigenvalue weighted by Gasteiger charge is 2.14. The number of Topliss-reactive ketones (excluding diaryl/α,β-unsaturated/α-hetero) is 1. The van der Waals surface area contributed by atoms with E-state index in [0.717, 1.165) is 5.56 Å². The van der Waals surface area contributed by atoms with E-state index in [-0.39, 0.29) is 36.1 Å². The molecule has 0 heterocycles. The molecule has 0 saturated heterocycles. The zero-order chi connectivity index (χ0) is 19.7. The van der Waals surface area contributed by atoms with Crippen molar-refractivity contribution >= 4 is 21.7 Å². The summed E-state index contributed by atoms with van der Waals surface area (Å²) in [6.45, 7) is 1.56. The van der Waals surface area contributed by atoms with E-state index in [1.54, 1.807) is 0 Å². The van der Waals surface area contributed by atoms with E-state index in [1.807, 2.05) is 30.3 Å². The quantitative estimate of drug-likeness (QED) is 0.562. The van der Waals surface area contributed by atoms with Crippen LogP contribution in [-0.4, -0.2) is 33.2 Å². The van der Waals surface area contributed by atoms with Gasteiger partial charge in [-0.15, -0.1) is 0 Å². The molecule has 0 atom stereocenters. The number of hydrogen-bond donors (Lipinski definition) is 2. The van der Waals surface area contributed by atoms with Gasteiger partial charge in [0.2, 0.25) is 15.9 Å². The van der Waals surface area contributed by atoms with Crippen molar-refractivity contribution in [2.75, 3.05) is 13.1 Å². The highest BCUT2D eigenvalue weighted by molar-refractivity contribution is 7.89. The first-order chi connectivity index (χ1) is 12.9. The van der Waals surface area contributed by atoms with Gasteiger partial charge in [0.05, 0.1) is 11.4 Å². The predicted molar refractivity (Wildman–Crippen MR) is 103 cm³/mol. The molecule has 1 amide bonds. The summed E-state index contributed by atoms with van der Waals surface area (Å²) >= 11 is 0. The van der Waals surface area contributed by atoms with Crippen LogP contribution >= 0.6 is 0 Å². The lowest BCUT2D eigenvalue weighted by atomic mass is 10.2. The van der Waals surface area contributed by atoms with Crippen LogP contribution in [-0.2, 0) is 14.8 Å². The van der Waals surface area contributed by atoms with Gasteiger partial charge in [0.15, 0.2) is 5.78 Å². The monoisotopic (exact) mass is 384 g/mol. The van der Waals surface area contributed by atoms with Crippen LogP contribution in [0.3, 0.4) is 0 Å². The van der Waals surface area contributed by atoms with Crippen LogP contribution in [0.5, 0.6) is 0 Å². The number of carbonyl (C=O) groups is 2. The second kappa shape index (κ2) is 9.67. The zero-order valence-corrected chi connectivity index (χ0v) is 15.7. The fourth-order valence-corrected chi connectivity index (χ4v) is 3.18. The van der Waals surface area contributed by atoms with Gasteiger partial charge >= 0.3 is 0 Å². The van der Waals surface area contributed by atoms with Gasteiger partial charge in [0.25, 0.3) is 0 Å². The fourth-order valence-electron chi connectivity index (χ4n) is 2.15. The highest BCUT2D eigenvalue weighted by Crippen LogP contribution is 2.10. The molecule has 27 heavy (non-hydrogen) atoms. The third-order valence-corrected chi connectivity index (χ3v) is 5.07. The zero-order valence-electron chi connectivity index (χ0n) is 14.9. The summed E-state index contributed by atoms with van der Waals surface area (Å²) in [5, 5.41) is 2.61. The van der Waals surface area contributed by atoms with Crippen molar-refractivity contribution in [3.8, 4) is 11.8 Å². The Bertz CT molecular complexity index is 957. The predicted octanol–water partition coefficient (Wildman–Crippen LogP) is 1.73. The van der Waals surface area contributed by atoms with E-state index in [4.69, 9.17) is 0 Å². The van der Waals surface area contributed by atoms with E-state index < -0.39 is 10.0 Å². The molecule has 0 aromatic heterocycles. The Labute approximate surface area is 159 Å². The molecule has 140 valence electrons. The lowest BCUT2D eigenvalue weighted by Crippen LogP contribution is -2.31. The minimum atomic E-state index is -3.73. The summed E-state index contributed by atoms with van der Waals surface area (Å²) in [4.78, 5) is 23.0. The Hall–Kier alpha value is -2.95. The summed E-state index contributed by atoms with van der Waals surface area (Å²) < 4.78 is 26.7. The van der Waals surface area contributed by atoms with Gasteiger partial charge in [-0.2, -0.15) is 0 Å². The molecule has 7 heteroatoms. The van der Waals surface area contributed by atoms with Crippen LogP contribution in [0.15, 0.2) is 59.5 Å². The second-order valence-electron chi connectivity index (χ2n) is 5.67. The first-order valence-electron chi connectivity index (χ1n) is 8.30. The number of rotatable bonds is 7. The molecule has 0 aliphatic carbocycles. The number of benzene rings is 2. The Morgan fingerprint density at radius 3 is 2.30 bits per heavy atom. The van der Waals surface area contributed by atoms with Crippen LogP contribution in [0, 0.1) is 11.8 Å². The minimum absolute atomic E-state index is 0.00221. The van der Waals surface area contributed by atoms with E-state index in [1.165, 1.54) is 31.2 Å². The maximum atomic E-state index is 12.2. The SMILES string of the molecule is CC(=O)c1ccc(S(=O)(=O)NCCC(=O)NCC#Cc2ccccc2)cc1. The third-order valence-electron chi connectivity index (χ3n) is 3.60. The molecule has 0 spiro atoms. The number of nitrogens with one attached hydrogen (secondary N) is 2. The Balaban J connectivity index is 1.76. The lowest BCUT2D eigenvalue weighted by molar-refractivity contribution is -0.120. The van der Waals surface area contributed by atoms with Crippen molar-refractivity contribution in [2.24, 2.45) is 0 Å². The molecule has 2 N–H and O–H groups in total. The van der Waals surface area contributed by atoms with E-state index in [2.05, 4.69) is 21.9 Å². The molecule has 0 radical (unpaired) electrons. The van der Waals surface area contributed by atoms with Crippen LogP contribution in [0.25, 0.3) is 0 Å². The average Bonchev–Trinajstić information content (AvgIpc) is 2.66. The van der Waals surface area contributed by atoms with Crippen molar-refractivity contribution in [1.29, 1.82) is 0 Å². The Kier molecular flexibility index (Phi) is 7.29. The van der Waals surface area contributed by atoms with E-state index >= 15 is 0 Å². The summed E-state index contributed by atoms with van der Waals surface area (Å²) in [7, 11) is -3.73. The van der Waals surface area contributed by atoms with Gasteiger partial charge < -0.3 is 5.32 Å². The summed E-state index contributed by atoms with van der Waals surface area (Å²) in [6, 6.07) is 15.0. The molecule has 0 fully saturated rings. The molecule has 6 nitrogen and oxygen atoms in total.